The first-order valence-corrected chi connectivity index (χ1v) is 13.3. The fourth-order valence-corrected chi connectivity index (χ4v) is 3.90. The first-order valence-electron chi connectivity index (χ1n) is 13.3. The molecule has 8 nitrogen and oxygen atoms in total. The lowest BCUT2D eigenvalue weighted by atomic mass is 10.1. The summed E-state index contributed by atoms with van der Waals surface area (Å²) < 4.78 is 27.1. The molecule has 1 heterocycles. The number of cyclic esters (lactones) is 1. The van der Waals surface area contributed by atoms with Crippen molar-refractivity contribution < 1.29 is 38.1 Å². The molecule has 0 spiro atoms. The van der Waals surface area contributed by atoms with Crippen molar-refractivity contribution in [2.24, 2.45) is 0 Å². The number of ether oxygens (including phenoxy) is 5. The zero-order valence-electron chi connectivity index (χ0n) is 22.2. The number of rotatable bonds is 17. The van der Waals surface area contributed by atoms with Crippen molar-refractivity contribution in [2.75, 3.05) is 19.8 Å². The summed E-state index contributed by atoms with van der Waals surface area (Å²) in [6.07, 6.45) is 7.89. The minimum atomic E-state index is -0.456. The van der Waals surface area contributed by atoms with Crippen LogP contribution in [0.15, 0.2) is 73.3 Å². The average Bonchev–Trinajstić information content (AvgIpc) is 3.27. The lowest BCUT2D eigenvalue weighted by molar-refractivity contribution is -0.139. The lowest BCUT2D eigenvalue weighted by Gasteiger charge is -2.10. The monoisotopic (exact) mass is 536 g/mol. The Morgan fingerprint density at radius 1 is 0.821 bits per heavy atom. The van der Waals surface area contributed by atoms with Crippen LogP contribution in [-0.2, 0) is 19.1 Å². The summed E-state index contributed by atoms with van der Waals surface area (Å²) in [6, 6.07) is 13.7. The van der Waals surface area contributed by atoms with Crippen molar-refractivity contribution in [3.8, 4) is 17.2 Å². The molecule has 2 aromatic rings. The quantitative estimate of drug-likeness (QED) is 0.105. The van der Waals surface area contributed by atoms with Crippen LogP contribution in [-0.4, -0.2) is 43.8 Å². The second-order valence-electron chi connectivity index (χ2n) is 9.20. The molecule has 0 aromatic heterocycles. The Morgan fingerprint density at radius 3 is 1.97 bits per heavy atom. The second kappa shape index (κ2) is 16.0. The number of carbonyl (C=O) groups is 3. The standard InChI is InChI=1S/C31H36O8/c1-3-29(32)37-21-9-5-8-20-36-26-15-17-27(18-16-26)38-31(34)24-11-13-25(14-12-24)35-19-7-4-6-10-28-22-23(2)30(33)39-28/h3,11-18,28H,1-2,4-10,19-22H2. The van der Waals surface area contributed by atoms with E-state index in [1.54, 1.807) is 48.5 Å². The Kier molecular flexibility index (Phi) is 12.1. The first kappa shape index (κ1) is 29.5. The van der Waals surface area contributed by atoms with Crippen LogP contribution in [0, 0.1) is 0 Å². The van der Waals surface area contributed by atoms with Crippen molar-refractivity contribution in [3.63, 3.8) is 0 Å². The maximum Gasteiger partial charge on any atom is 0.343 e. The van der Waals surface area contributed by atoms with Gasteiger partial charge in [-0.05, 0) is 93.5 Å². The van der Waals surface area contributed by atoms with Crippen LogP contribution in [0.3, 0.4) is 0 Å². The van der Waals surface area contributed by atoms with E-state index in [4.69, 9.17) is 23.7 Å². The number of hydrogen-bond acceptors (Lipinski definition) is 8. The summed E-state index contributed by atoms with van der Waals surface area (Å²) in [5, 5.41) is 0. The van der Waals surface area contributed by atoms with Gasteiger partial charge >= 0.3 is 17.9 Å². The Labute approximate surface area is 229 Å². The zero-order valence-corrected chi connectivity index (χ0v) is 22.2. The molecule has 0 bridgehead atoms. The number of unbranched alkanes of at least 4 members (excludes halogenated alkanes) is 4. The second-order valence-corrected chi connectivity index (χ2v) is 9.20. The van der Waals surface area contributed by atoms with E-state index < -0.39 is 11.9 Å². The molecule has 2 aromatic carbocycles. The number of benzene rings is 2. The van der Waals surface area contributed by atoms with Crippen molar-refractivity contribution >= 4 is 17.9 Å². The van der Waals surface area contributed by atoms with Gasteiger partial charge in [0.2, 0.25) is 0 Å². The Balaban J connectivity index is 1.27. The lowest BCUT2D eigenvalue weighted by Crippen LogP contribution is -2.08. The van der Waals surface area contributed by atoms with Gasteiger partial charge in [0.15, 0.2) is 0 Å². The highest BCUT2D eigenvalue weighted by molar-refractivity contribution is 5.91. The number of carbonyl (C=O) groups excluding carboxylic acids is 3. The summed E-state index contributed by atoms with van der Waals surface area (Å²) in [7, 11) is 0. The third-order valence-electron chi connectivity index (χ3n) is 6.07. The SMILES string of the molecule is C=CC(=O)OCCCCCOc1ccc(OC(=O)c2ccc(OCCCCCC3CC(=C)C(=O)O3)cc2)cc1. The molecule has 39 heavy (non-hydrogen) atoms. The van der Waals surface area contributed by atoms with Crippen LogP contribution in [0.25, 0.3) is 0 Å². The van der Waals surface area contributed by atoms with Crippen LogP contribution in [0.1, 0.15) is 61.7 Å². The molecule has 0 aliphatic carbocycles. The summed E-state index contributed by atoms with van der Waals surface area (Å²) in [5.41, 5.74) is 0.985. The molecule has 1 saturated heterocycles. The van der Waals surface area contributed by atoms with Gasteiger partial charge < -0.3 is 23.7 Å². The molecule has 0 N–H and O–H groups in total. The molecular formula is C31H36O8. The Morgan fingerprint density at radius 2 is 1.38 bits per heavy atom. The number of esters is 3. The molecule has 1 aliphatic heterocycles. The highest BCUT2D eigenvalue weighted by Gasteiger charge is 2.26. The third kappa shape index (κ3) is 10.7. The van der Waals surface area contributed by atoms with Crippen LogP contribution in [0.2, 0.25) is 0 Å². The smallest absolute Gasteiger partial charge is 0.343 e. The summed E-state index contributed by atoms with van der Waals surface area (Å²) in [4.78, 5) is 34.8. The minimum absolute atomic E-state index is 0.0335. The molecule has 1 fully saturated rings. The molecule has 1 aliphatic rings. The maximum absolute atomic E-state index is 12.5. The van der Waals surface area contributed by atoms with Crippen molar-refractivity contribution in [2.45, 2.75) is 57.5 Å². The summed E-state index contributed by atoms with van der Waals surface area (Å²) in [6.45, 7) is 8.54. The first-order chi connectivity index (χ1) is 18.9. The van der Waals surface area contributed by atoms with E-state index in [1.807, 2.05) is 0 Å². The number of hydrogen-bond donors (Lipinski definition) is 0. The summed E-state index contributed by atoms with van der Waals surface area (Å²) >= 11 is 0. The highest BCUT2D eigenvalue weighted by atomic mass is 16.6. The predicted octanol–water partition coefficient (Wildman–Crippen LogP) is 6.00. The largest absolute Gasteiger partial charge is 0.494 e. The highest BCUT2D eigenvalue weighted by Crippen LogP contribution is 2.23. The van der Waals surface area contributed by atoms with Gasteiger partial charge in [0.25, 0.3) is 0 Å². The van der Waals surface area contributed by atoms with Crippen molar-refractivity contribution in [3.05, 3.63) is 78.9 Å². The Bertz CT molecular complexity index is 1090. The van der Waals surface area contributed by atoms with E-state index in [2.05, 4.69) is 13.2 Å². The van der Waals surface area contributed by atoms with Gasteiger partial charge in [-0.25, -0.2) is 14.4 Å². The van der Waals surface area contributed by atoms with Gasteiger partial charge in [-0.2, -0.15) is 0 Å². The van der Waals surface area contributed by atoms with Crippen molar-refractivity contribution in [1.82, 2.24) is 0 Å². The van der Waals surface area contributed by atoms with E-state index in [0.717, 1.165) is 51.0 Å². The molecule has 0 amide bonds. The van der Waals surface area contributed by atoms with Gasteiger partial charge in [-0.3, -0.25) is 0 Å². The predicted molar refractivity (Wildman–Crippen MR) is 146 cm³/mol. The third-order valence-corrected chi connectivity index (χ3v) is 6.07. The van der Waals surface area contributed by atoms with Crippen molar-refractivity contribution in [1.29, 1.82) is 0 Å². The molecule has 208 valence electrons. The molecule has 1 unspecified atom stereocenters. The molecule has 3 rings (SSSR count). The molecular weight excluding hydrogens is 500 g/mol. The van der Waals surface area contributed by atoms with Crippen LogP contribution in [0.4, 0.5) is 0 Å². The van der Waals surface area contributed by atoms with Gasteiger partial charge in [-0.1, -0.05) is 13.2 Å². The Hall–Kier alpha value is -4.07. The molecule has 1 atom stereocenters. The van der Waals surface area contributed by atoms with E-state index in [-0.39, 0.29) is 12.1 Å². The molecule has 8 heteroatoms. The zero-order chi connectivity index (χ0) is 27.9. The topological polar surface area (TPSA) is 97.4 Å². The van der Waals surface area contributed by atoms with Crippen LogP contribution >= 0.6 is 0 Å². The normalized spacial score (nSPS) is 14.4. The molecule has 0 saturated carbocycles. The molecule has 0 radical (unpaired) electrons. The average molecular weight is 537 g/mol. The van der Waals surface area contributed by atoms with Gasteiger partial charge in [0, 0.05) is 18.1 Å². The minimum Gasteiger partial charge on any atom is -0.494 e. The van der Waals surface area contributed by atoms with Crippen LogP contribution in [0.5, 0.6) is 17.2 Å². The van der Waals surface area contributed by atoms with Crippen LogP contribution < -0.4 is 14.2 Å². The van der Waals surface area contributed by atoms with Gasteiger partial charge in [0.05, 0.1) is 25.4 Å². The van der Waals surface area contributed by atoms with E-state index in [9.17, 15) is 14.4 Å². The van der Waals surface area contributed by atoms with Gasteiger partial charge in [-0.15, -0.1) is 0 Å². The van der Waals surface area contributed by atoms with E-state index in [1.165, 1.54) is 0 Å². The summed E-state index contributed by atoms with van der Waals surface area (Å²) in [5.74, 6) is 0.658. The van der Waals surface area contributed by atoms with Gasteiger partial charge in [0.1, 0.15) is 23.4 Å². The fraction of sp³-hybridized carbons (Fsp3) is 0.387. The maximum atomic E-state index is 12.5. The van der Waals surface area contributed by atoms with E-state index >= 15 is 0 Å². The van der Waals surface area contributed by atoms with E-state index in [0.29, 0.717) is 54.6 Å². The fourth-order valence-electron chi connectivity index (χ4n) is 3.90.